The first-order chi connectivity index (χ1) is 10.5. The molecule has 2 aromatic rings. The number of amides is 1. The molecule has 118 valence electrons. The van der Waals surface area contributed by atoms with E-state index in [4.69, 9.17) is 4.52 Å². The third kappa shape index (κ3) is 2.53. The summed E-state index contributed by atoms with van der Waals surface area (Å²) >= 11 is 0. The van der Waals surface area contributed by atoms with Gasteiger partial charge in [0.15, 0.2) is 0 Å². The number of carbonyl (C=O) groups excluding carboxylic acids is 1. The highest BCUT2D eigenvalue weighted by atomic mass is 16.5. The second-order valence-electron chi connectivity index (χ2n) is 6.08. The van der Waals surface area contributed by atoms with Gasteiger partial charge in [0.1, 0.15) is 11.6 Å². The van der Waals surface area contributed by atoms with Crippen molar-refractivity contribution in [3.63, 3.8) is 0 Å². The fraction of sp³-hybridized carbons (Fsp3) is 0.562. The predicted molar refractivity (Wildman–Crippen MR) is 81.3 cm³/mol. The van der Waals surface area contributed by atoms with Crippen molar-refractivity contribution in [1.82, 2.24) is 19.6 Å². The number of hydrogen-bond donors (Lipinski definition) is 0. The van der Waals surface area contributed by atoms with Gasteiger partial charge in [-0.2, -0.15) is 0 Å². The number of carbonyl (C=O) groups is 1. The summed E-state index contributed by atoms with van der Waals surface area (Å²) in [6.45, 7) is 6.50. The Kier molecular flexibility index (Phi) is 3.76. The van der Waals surface area contributed by atoms with Crippen LogP contribution in [-0.4, -0.2) is 32.1 Å². The Hall–Kier alpha value is -2.11. The van der Waals surface area contributed by atoms with Crippen molar-refractivity contribution < 1.29 is 9.32 Å². The topological polar surface area (TPSA) is 64.2 Å². The van der Waals surface area contributed by atoms with Crippen LogP contribution in [0.2, 0.25) is 0 Å². The molecule has 2 aromatic heterocycles. The van der Waals surface area contributed by atoms with Crippen molar-refractivity contribution >= 4 is 5.91 Å². The Morgan fingerprint density at radius 2 is 2.18 bits per heavy atom. The molecule has 0 spiro atoms. The van der Waals surface area contributed by atoms with Crippen molar-refractivity contribution in [3.8, 4) is 0 Å². The molecule has 3 heterocycles. The van der Waals surface area contributed by atoms with Crippen molar-refractivity contribution in [1.29, 1.82) is 0 Å². The van der Waals surface area contributed by atoms with Crippen molar-refractivity contribution in [2.45, 2.75) is 46.1 Å². The van der Waals surface area contributed by atoms with Crippen LogP contribution in [0, 0.1) is 20.8 Å². The van der Waals surface area contributed by atoms with E-state index in [9.17, 15) is 4.79 Å². The molecule has 3 rings (SSSR count). The minimum absolute atomic E-state index is 0.0756. The third-order valence-corrected chi connectivity index (χ3v) is 4.41. The number of likely N-dealkylation sites (tertiary alicyclic amines) is 1. The van der Waals surface area contributed by atoms with Crippen LogP contribution < -0.4 is 0 Å². The first-order valence-corrected chi connectivity index (χ1v) is 7.68. The van der Waals surface area contributed by atoms with Crippen LogP contribution >= 0.6 is 0 Å². The van der Waals surface area contributed by atoms with Crippen LogP contribution in [0.25, 0.3) is 0 Å². The molecule has 0 aromatic carbocycles. The summed E-state index contributed by atoms with van der Waals surface area (Å²) in [5.41, 5.74) is 2.70. The molecule has 6 nitrogen and oxygen atoms in total. The Labute approximate surface area is 130 Å². The van der Waals surface area contributed by atoms with Crippen LogP contribution in [0.4, 0.5) is 0 Å². The smallest absolute Gasteiger partial charge is 0.227 e. The SMILES string of the molecule is Cc1cn(C)c([C@@H]2CCCN2C(=O)Cc2c(C)noc2C)n1. The lowest BCUT2D eigenvalue weighted by Gasteiger charge is -2.24. The first kappa shape index (κ1) is 14.8. The lowest BCUT2D eigenvalue weighted by atomic mass is 10.1. The van der Waals surface area contributed by atoms with E-state index in [1.807, 2.05) is 43.5 Å². The van der Waals surface area contributed by atoms with Gasteiger partial charge in [-0.3, -0.25) is 4.79 Å². The molecule has 1 aliphatic heterocycles. The summed E-state index contributed by atoms with van der Waals surface area (Å²) in [6, 6.07) is 0.0756. The Balaban J connectivity index is 1.81. The average Bonchev–Trinajstić information content (AvgIpc) is 3.14. The zero-order valence-electron chi connectivity index (χ0n) is 13.6. The van der Waals surface area contributed by atoms with Gasteiger partial charge >= 0.3 is 0 Å². The first-order valence-electron chi connectivity index (χ1n) is 7.68. The van der Waals surface area contributed by atoms with E-state index in [0.717, 1.165) is 47.9 Å². The molecule has 1 saturated heterocycles. The average molecular weight is 302 g/mol. The van der Waals surface area contributed by atoms with E-state index in [1.54, 1.807) is 0 Å². The number of aromatic nitrogens is 3. The van der Waals surface area contributed by atoms with Crippen molar-refractivity contribution in [3.05, 3.63) is 34.7 Å². The highest BCUT2D eigenvalue weighted by Crippen LogP contribution is 2.32. The lowest BCUT2D eigenvalue weighted by Crippen LogP contribution is -2.33. The van der Waals surface area contributed by atoms with Crippen LogP contribution in [-0.2, 0) is 18.3 Å². The second kappa shape index (κ2) is 5.59. The fourth-order valence-corrected chi connectivity index (χ4v) is 3.29. The van der Waals surface area contributed by atoms with E-state index in [-0.39, 0.29) is 11.9 Å². The summed E-state index contributed by atoms with van der Waals surface area (Å²) < 4.78 is 7.18. The Morgan fingerprint density at radius 1 is 1.41 bits per heavy atom. The standard InChI is InChI=1S/C16H22N4O2/c1-10-9-19(4)16(17-10)14-6-5-7-20(14)15(21)8-13-11(2)18-22-12(13)3/h9,14H,5-8H2,1-4H3/t14-/m0/s1. The van der Waals surface area contributed by atoms with Gasteiger partial charge in [-0.05, 0) is 33.6 Å². The van der Waals surface area contributed by atoms with Crippen LogP contribution in [0.3, 0.4) is 0 Å². The van der Waals surface area contributed by atoms with Gasteiger partial charge in [0.25, 0.3) is 0 Å². The molecule has 1 amide bonds. The number of hydrogen-bond acceptors (Lipinski definition) is 4. The quantitative estimate of drug-likeness (QED) is 0.872. The lowest BCUT2D eigenvalue weighted by molar-refractivity contribution is -0.131. The molecule has 0 N–H and O–H groups in total. The highest BCUT2D eigenvalue weighted by molar-refractivity contribution is 5.80. The summed E-state index contributed by atoms with van der Waals surface area (Å²) in [7, 11) is 1.99. The van der Waals surface area contributed by atoms with Crippen LogP contribution in [0.5, 0.6) is 0 Å². The van der Waals surface area contributed by atoms with Crippen molar-refractivity contribution in [2.75, 3.05) is 6.54 Å². The maximum Gasteiger partial charge on any atom is 0.227 e. The zero-order chi connectivity index (χ0) is 15.9. The molecule has 1 atom stereocenters. The number of aryl methyl sites for hydroxylation is 4. The molecule has 0 bridgehead atoms. The van der Waals surface area contributed by atoms with E-state index in [2.05, 4.69) is 10.1 Å². The maximum atomic E-state index is 12.7. The largest absolute Gasteiger partial charge is 0.361 e. The molecule has 1 aliphatic rings. The molecule has 1 fully saturated rings. The van der Waals surface area contributed by atoms with Gasteiger partial charge in [-0.25, -0.2) is 4.98 Å². The predicted octanol–water partition coefficient (Wildman–Crippen LogP) is 2.24. The minimum Gasteiger partial charge on any atom is -0.361 e. The fourth-order valence-electron chi connectivity index (χ4n) is 3.29. The summed E-state index contributed by atoms with van der Waals surface area (Å²) in [4.78, 5) is 19.3. The number of rotatable bonds is 3. The van der Waals surface area contributed by atoms with E-state index >= 15 is 0 Å². The van der Waals surface area contributed by atoms with E-state index < -0.39 is 0 Å². The van der Waals surface area contributed by atoms with Gasteiger partial charge in [0.05, 0.1) is 23.9 Å². The van der Waals surface area contributed by atoms with Crippen molar-refractivity contribution in [2.24, 2.45) is 7.05 Å². The molecule has 0 saturated carbocycles. The van der Waals surface area contributed by atoms with Gasteiger partial charge in [0.2, 0.25) is 5.91 Å². The van der Waals surface area contributed by atoms with Crippen LogP contribution in [0.1, 0.15) is 47.4 Å². The minimum atomic E-state index is 0.0756. The molecule has 0 unspecified atom stereocenters. The molecule has 22 heavy (non-hydrogen) atoms. The molecular weight excluding hydrogens is 280 g/mol. The Bertz CT molecular complexity index is 682. The zero-order valence-corrected chi connectivity index (χ0v) is 13.6. The normalized spacial score (nSPS) is 18.2. The number of imidazole rings is 1. The number of nitrogens with zero attached hydrogens (tertiary/aromatic N) is 4. The summed E-state index contributed by atoms with van der Waals surface area (Å²) in [5, 5.41) is 3.93. The van der Waals surface area contributed by atoms with Gasteiger partial charge in [0, 0.05) is 25.4 Å². The van der Waals surface area contributed by atoms with Gasteiger partial charge in [-0.15, -0.1) is 0 Å². The molecule has 0 radical (unpaired) electrons. The van der Waals surface area contributed by atoms with E-state index in [1.165, 1.54) is 0 Å². The highest BCUT2D eigenvalue weighted by Gasteiger charge is 2.33. The molecule has 6 heteroatoms. The van der Waals surface area contributed by atoms with Crippen LogP contribution in [0.15, 0.2) is 10.7 Å². The van der Waals surface area contributed by atoms with Gasteiger partial charge < -0.3 is 14.0 Å². The second-order valence-corrected chi connectivity index (χ2v) is 6.08. The summed E-state index contributed by atoms with van der Waals surface area (Å²) in [5.74, 6) is 1.83. The van der Waals surface area contributed by atoms with E-state index in [0.29, 0.717) is 6.42 Å². The monoisotopic (exact) mass is 302 g/mol. The summed E-state index contributed by atoms with van der Waals surface area (Å²) in [6.07, 6.45) is 4.34. The maximum absolute atomic E-state index is 12.7. The Morgan fingerprint density at radius 3 is 2.77 bits per heavy atom. The molecule has 0 aliphatic carbocycles. The van der Waals surface area contributed by atoms with Gasteiger partial charge in [-0.1, -0.05) is 5.16 Å². The molecular formula is C16H22N4O2. The third-order valence-electron chi connectivity index (χ3n) is 4.41.